The molecule has 0 unspecified atom stereocenters. The molecule has 100 valence electrons. The second kappa shape index (κ2) is 5.59. The van der Waals surface area contributed by atoms with E-state index in [1.807, 2.05) is 18.2 Å². The van der Waals surface area contributed by atoms with E-state index in [1.165, 1.54) is 0 Å². The van der Waals surface area contributed by atoms with Gasteiger partial charge in [0.05, 0.1) is 12.8 Å². The van der Waals surface area contributed by atoms with E-state index in [0.717, 1.165) is 44.0 Å². The zero-order chi connectivity index (χ0) is 13.0. The molecule has 1 aromatic rings. The van der Waals surface area contributed by atoms with Crippen molar-refractivity contribution >= 4 is 5.69 Å². The number of hydrogen-bond donors (Lipinski definition) is 1. The smallest absolute Gasteiger partial charge is 0.142 e. The van der Waals surface area contributed by atoms with Crippen molar-refractivity contribution in [1.29, 1.82) is 0 Å². The molecular formula is C14H22N2O2. The molecule has 2 rings (SSSR count). The van der Waals surface area contributed by atoms with Gasteiger partial charge in [-0.1, -0.05) is 12.1 Å². The fraction of sp³-hybridized carbons (Fsp3) is 0.571. The fourth-order valence-electron chi connectivity index (χ4n) is 2.44. The Morgan fingerprint density at radius 1 is 1.33 bits per heavy atom. The number of methoxy groups -OCH3 is 1. The summed E-state index contributed by atoms with van der Waals surface area (Å²) in [6.07, 6.45) is 1.82. The third-order valence-corrected chi connectivity index (χ3v) is 3.54. The van der Waals surface area contributed by atoms with Crippen molar-refractivity contribution in [1.82, 2.24) is 0 Å². The quantitative estimate of drug-likeness (QED) is 0.882. The number of rotatable bonds is 4. The van der Waals surface area contributed by atoms with Crippen molar-refractivity contribution in [2.24, 2.45) is 5.73 Å². The minimum atomic E-state index is -0.159. The maximum Gasteiger partial charge on any atom is 0.142 e. The molecule has 18 heavy (non-hydrogen) atoms. The molecule has 1 aliphatic rings. The Balaban J connectivity index is 2.08. The van der Waals surface area contributed by atoms with Gasteiger partial charge in [-0.15, -0.1) is 0 Å². The van der Waals surface area contributed by atoms with Gasteiger partial charge in [-0.2, -0.15) is 0 Å². The molecule has 4 nitrogen and oxygen atoms in total. The lowest BCUT2D eigenvalue weighted by Gasteiger charge is -2.37. The molecule has 1 fully saturated rings. The van der Waals surface area contributed by atoms with Crippen LogP contribution < -0.4 is 15.4 Å². The molecule has 0 amide bonds. The van der Waals surface area contributed by atoms with Gasteiger partial charge in [-0.25, -0.2) is 0 Å². The first-order chi connectivity index (χ1) is 8.64. The maximum absolute atomic E-state index is 6.43. The van der Waals surface area contributed by atoms with Crippen molar-refractivity contribution in [3.63, 3.8) is 0 Å². The first-order valence-electron chi connectivity index (χ1n) is 6.35. The summed E-state index contributed by atoms with van der Waals surface area (Å²) in [4.78, 5) is 2.17. The highest BCUT2D eigenvalue weighted by Gasteiger charge is 2.29. The van der Waals surface area contributed by atoms with Crippen LogP contribution in [0.5, 0.6) is 5.75 Å². The summed E-state index contributed by atoms with van der Waals surface area (Å²) in [6, 6.07) is 8.02. The first kappa shape index (κ1) is 13.2. The molecule has 1 aromatic carbocycles. The van der Waals surface area contributed by atoms with E-state index in [9.17, 15) is 0 Å². The van der Waals surface area contributed by atoms with Crippen LogP contribution in [0.3, 0.4) is 0 Å². The Bertz CT molecular complexity index is 389. The van der Waals surface area contributed by atoms with E-state index >= 15 is 0 Å². The van der Waals surface area contributed by atoms with Crippen LogP contribution in [0.4, 0.5) is 5.69 Å². The van der Waals surface area contributed by atoms with Crippen LogP contribution in [-0.4, -0.2) is 39.5 Å². The largest absolute Gasteiger partial charge is 0.495 e. The van der Waals surface area contributed by atoms with Gasteiger partial charge in [0, 0.05) is 32.3 Å². The molecule has 1 saturated heterocycles. The van der Waals surface area contributed by atoms with Crippen LogP contribution in [0.2, 0.25) is 0 Å². The van der Waals surface area contributed by atoms with Crippen LogP contribution in [0.15, 0.2) is 24.3 Å². The predicted octanol–water partition coefficient (Wildman–Crippen LogP) is 1.64. The molecule has 1 aliphatic heterocycles. The highest BCUT2D eigenvalue weighted by molar-refractivity contribution is 5.58. The van der Waals surface area contributed by atoms with Crippen LogP contribution >= 0.6 is 0 Å². The van der Waals surface area contributed by atoms with E-state index in [-0.39, 0.29) is 5.54 Å². The zero-order valence-corrected chi connectivity index (χ0v) is 11.2. The van der Waals surface area contributed by atoms with Crippen molar-refractivity contribution in [3.8, 4) is 5.75 Å². The Labute approximate surface area is 109 Å². The maximum atomic E-state index is 6.43. The highest BCUT2D eigenvalue weighted by atomic mass is 16.5. The normalized spacial score (nSPS) is 18.4. The molecule has 1 heterocycles. The summed E-state index contributed by atoms with van der Waals surface area (Å²) in [5.74, 6) is 0.885. The van der Waals surface area contributed by atoms with Gasteiger partial charge in [-0.05, 0) is 25.0 Å². The van der Waals surface area contributed by atoms with Gasteiger partial charge in [0.2, 0.25) is 0 Å². The highest BCUT2D eigenvalue weighted by Crippen LogP contribution is 2.29. The number of ether oxygens (including phenoxy) is 2. The SMILES string of the molecule is COc1ccccc1N(C)CC1(N)CCOCC1. The summed E-state index contributed by atoms with van der Waals surface area (Å²) < 4.78 is 10.8. The number of benzene rings is 1. The lowest BCUT2D eigenvalue weighted by molar-refractivity contribution is 0.0558. The van der Waals surface area contributed by atoms with Crippen molar-refractivity contribution in [2.45, 2.75) is 18.4 Å². The summed E-state index contributed by atoms with van der Waals surface area (Å²) in [5, 5.41) is 0. The van der Waals surface area contributed by atoms with Gasteiger partial charge < -0.3 is 20.1 Å². The van der Waals surface area contributed by atoms with E-state index in [1.54, 1.807) is 7.11 Å². The number of nitrogens with two attached hydrogens (primary N) is 1. The minimum Gasteiger partial charge on any atom is -0.495 e. The molecule has 0 aliphatic carbocycles. The number of anilines is 1. The zero-order valence-electron chi connectivity index (χ0n) is 11.2. The minimum absolute atomic E-state index is 0.159. The third kappa shape index (κ3) is 2.94. The summed E-state index contributed by atoms with van der Waals surface area (Å²) in [5.41, 5.74) is 7.35. The number of hydrogen-bond acceptors (Lipinski definition) is 4. The van der Waals surface area contributed by atoms with Gasteiger partial charge >= 0.3 is 0 Å². The second-order valence-corrected chi connectivity index (χ2v) is 5.00. The van der Waals surface area contributed by atoms with Crippen molar-refractivity contribution in [2.75, 3.05) is 38.8 Å². The van der Waals surface area contributed by atoms with Crippen LogP contribution in [0, 0.1) is 0 Å². The molecule has 0 bridgehead atoms. The van der Waals surface area contributed by atoms with Crippen LogP contribution in [0.25, 0.3) is 0 Å². The predicted molar refractivity (Wildman–Crippen MR) is 73.2 cm³/mol. The average Bonchev–Trinajstić information content (AvgIpc) is 2.39. The third-order valence-electron chi connectivity index (χ3n) is 3.54. The standard InChI is InChI=1S/C14H22N2O2/c1-16(11-14(15)7-9-18-10-8-14)12-5-3-4-6-13(12)17-2/h3-6H,7-11,15H2,1-2H3. The molecular weight excluding hydrogens is 228 g/mol. The van der Waals surface area contributed by atoms with Gasteiger partial charge in [0.25, 0.3) is 0 Å². The topological polar surface area (TPSA) is 47.7 Å². The number of likely N-dealkylation sites (N-methyl/N-ethyl adjacent to an activating group) is 1. The van der Waals surface area contributed by atoms with E-state index < -0.39 is 0 Å². The summed E-state index contributed by atoms with van der Waals surface area (Å²) in [6.45, 7) is 2.34. The number of nitrogens with zero attached hydrogens (tertiary/aromatic N) is 1. The summed E-state index contributed by atoms with van der Waals surface area (Å²) in [7, 11) is 3.75. The lowest BCUT2D eigenvalue weighted by Crippen LogP contribution is -2.52. The van der Waals surface area contributed by atoms with Crippen molar-refractivity contribution in [3.05, 3.63) is 24.3 Å². The van der Waals surface area contributed by atoms with Gasteiger partial charge in [0.15, 0.2) is 0 Å². The molecule has 2 N–H and O–H groups in total. The van der Waals surface area contributed by atoms with E-state index in [2.05, 4.69) is 18.0 Å². The van der Waals surface area contributed by atoms with E-state index in [4.69, 9.17) is 15.2 Å². The molecule has 0 radical (unpaired) electrons. The molecule has 0 atom stereocenters. The summed E-state index contributed by atoms with van der Waals surface area (Å²) >= 11 is 0. The van der Waals surface area contributed by atoms with Crippen LogP contribution in [-0.2, 0) is 4.74 Å². The van der Waals surface area contributed by atoms with Gasteiger partial charge in [-0.3, -0.25) is 0 Å². The van der Waals surface area contributed by atoms with Crippen LogP contribution in [0.1, 0.15) is 12.8 Å². The average molecular weight is 250 g/mol. The van der Waals surface area contributed by atoms with Crippen molar-refractivity contribution < 1.29 is 9.47 Å². The Morgan fingerprint density at radius 3 is 2.67 bits per heavy atom. The molecule has 0 saturated carbocycles. The molecule has 4 heteroatoms. The molecule has 0 spiro atoms. The fourth-order valence-corrected chi connectivity index (χ4v) is 2.44. The lowest BCUT2D eigenvalue weighted by atomic mass is 9.90. The monoisotopic (exact) mass is 250 g/mol. The Hall–Kier alpha value is -1.26. The van der Waals surface area contributed by atoms with E-state index in [0.29, 0.717) is 0 Å². The molecule has 0 aromatic heterocycles. The number of para-hydroxylation sites is 2. The Kier molecular flexibility index (Phi) is 4.09. The Morgan fingerprint density at radius 2 is 2.00 bits per heavy atom. The van der Waals surface area contributed by atoms with Gasteiger partial charge in [0.1, 0.15) is 5.75 Å². The first-order valence-corrected chi connectivity index (χ1v) is 6.35. The second-order valence-electron chi connectivity index (χ2n) is 5.00.